The summed E-state index contributed by atoms with van der Waals surface area (Å²) in [6.45, 7) is 1.74. The standard InChI is InChI=1S/C18H19N7O3S/c26-16(12-4-2-1-3-5-12)19-9-15-21-13(11-29-15)8-20-17(27)24-6-7-25-14(10-24)22-23-18(25)28/h1-5,11H,6-10H2,(H,19,26)(H,20,27)(H,23,28). The lowest BCUT2D eigenvalue weighted by molar-refractivity contribution is 0.0951. The molecule has 29 heavy (non-hydrogen) atoms. The number of urea groups is 1. The zero-order chi connectivity index (χ0) is 20.2. The minimum absolute atomic E-state index is 0.155. The zero-order valence-corrected chi connectivity index (χ0v) is 16.2. The van der Waals surface area contributed by atoms with Crippen LogP contribution in [0.3, 0.4) is 0 Å². The predicted octanol–water partition coefficient (Wildman–Crippen LogP) is 0.683. The van der Waals surface area contributed by atoms with Crippen LogP contribution in [0.4, 0.5) is 4.79 Å². The first-order valence-corrected chi connectivity index (χ1v) is 9.91. The minimum Gasteiger partial charge on any atom is -0.346 e. The largest absolute Gasteiger partial charge is 0.346 e. The Morgan fingerprint density at radius 1 is 1.14 bits per heavy atom. The van der Waals surface area contributed by atoms with Gasteiger partial charge in [-0.05, 0) is 12.1 Å². The molecule has 0 atom stereocenters. The van der Waals surface area contributed by atoms with Gasteiger partial charge in [0.15, 0.2) is 5.82 Å². The van der Waals surface area contributed by atoms with E-state index < -0.39 is 0 Å². The minimum atomic E-state index is -0.255. The molecule has 0 bridgehead atoms. The number of rotatable bonds is 5. The normalized spacial score (nSPS) is 13.0. The molecule has 0 fully saturated rings. The molecule has 1 aliphatic heterocycles. The molecule has 3 amide bonds. The van der Waals surface area contributed by atoms with Crippen molar-refractivity contribution >= 4 is 23.3 Å². The Morgan fingerprint density at radius 3 is 2.79 bits per heavy atom. The van der Waals surface area contributed by atoms with Crippen molar-refractivity contribution in [3.8, 4) is 0 Å². The second kappa shape index (κ2) is 8.27. The second-order valence-corrected chi connectivity index (χ2v) is 7.40. The van der Waals surface area contributed by atoms with Crippen LogP contribution < -0.4 is 16.3 Å². The van der Waals surface area contributed by atoms with Crippen molar-refractivity contribution < 1.29 is 9.59 Å². The first-order valence-electron chi connectivity index (χ1n) is 9.03. The van der Waals surface area contributed by atoms with Gasteiger partial charge in [0.2, 0.25) is 0 Å². The summed E-state index contributed by atoms with van der Waals surface area (Å²) < 4.78 is 1.53. The van der Waals surface area contributed by atoms with E-state index in [-0.39, 0.29) is 30.7 Å². The molecule has 0 saturated carbocycles. The second-order valence-electron chi connectivity index (χ2n) is 6.46. The number of benzene rings is 1. The van der Waals surface area contributed by atoms with Crippen LogP contribution in [0.2, 0.25) is 0 Å². The molecule has 0 radical (unpaired) electrons. The fourth-order valence-electron chi connectivity index (χ4n) is 2.98. The van der Waals surface area contributed by atoms with E-state index in [1.807, 2.05) is 23.6 Å². The number of nitrogens with one attached hydrogen (secondary N) is 3. The third-order valence-electron chi connectivity index (χ3n) is 4.51. The molecule has 0 spiro atoms. The van der Waals surface area contributed by atoms with Crippen LogP contribution in [-0.2, 0) is 26.2 Å². The number of amides is 3. The summed E-state index contributed by atoms with van der Waals surface area (Å²) in [5, 5.41) is 14.6. The van der Waals surface area contributed by atoms with Gasteiger partial charge in [-0.1, -0.05) is 18.2 Å². The van der Waals surface area contributed by atoms with Crippen LogP contribution in [0.25, 0.3) is 0 Å². The third kappa shape index (κ3) is 4.35. The summed E-state index contributed by atoms with van der Waals surface area (Å²) in [5.41, 5.74) is 1.07. The maximum Gasteiger partial charge on any atom is 0.343 e. The van der Waals surface area contributed by atoms with Gasteiger partial charge in [-0.2, -0.15) is 5.10 Å². The highest BCUT2D eigenvalue weighted by Gasteiger charge is 2.23. The lowest BCUT2D eigenvalue weighted by Gasteiger charge is -2.26. The van der Waals surface area contributed by atoms with Crippen molar-refractivity contribution in [3.05, 3.63) is 68.3 Å². The van der Waals surface area contributed by atoms with Gasteiger partial charge < -0.3 is 15.5 Å². The van der Waals surface area contributed by atoms with E-state index in [0.29, 0.717) is 31.0 Å². The number of carbonyl (C=O) groups is 2. The molecular weight excluding hydrogens is 394 g/mol. The summed E-state index contributed by atoms with van der Waals surface area (Å²) in [6, 6.07) is 8.75. The van der Waals surface area contributed by atoms with Crippen molar-refractivity contribution in [2.45, 2.75) is 26.2 Å². The molecule has 0 unspecified atom stereocenters. The Labute approximate surface area is 169 Å². The topological polar surface area (TPSA) is 125 Å². The Morgan fingerprint density at radius 2 is 1.97 bits per heavy atom. The van der Waals surface area contributed by atoms with Crippen molar-refractivity contribution in [1.82, 2.24) is 35.3 Å². The predicted molar refractivity (Wildman–Crippen MR) is 105 cm³/mol. The highest BCUT2D eigenvalue weighted by Crippen LogP contribution is 2.11. The quantitative estimate of drug-likeness (QED) is 0.567. The van der Waals surface area contributed by atoms with Crippen LogP contribution in [0, 0.1) is 0 Å². The van der Waals surface area contributed by atoms with Gasteiger partial charge >= 0.3 is 11.7 Å². The molecule has 150 valence electrons. The monoisotopic (exact) mass is 413 g/mol. The van der Waals surface area contributed by atoms with E-state index in [1.54, 1.807) is 17.0 Å². The average molecular weight is 413 g/mol. The van der Waals surface area contributed by atoms with E-state index in [4.69, 9.17) is 0 Å². The number of aromatic nitrogens is 4. The summed E-state index contributed by atoms with van der Waals surface area (Å²) in [5.74, 6) is 0.388. The molecule has 1 aliphatic rings. The number of aromatic amines is 1. The third-order valence-corrected chi connectivity index (χ3v) is 5.40. The van der Waals surface area contributed by atoms with Crippen LogP contribution >= 0.6 is 11.3 Å². The van der Waals surface area contributed by atoms with Crippen LogP contribution in [-0.4, -0.2) is 43.1 Å². The van der Waals surface area contributed by atoms with E-state index in [0.717, 1.165) is 10.7 Å². The maximum absolute atomic E-state index is 12.4. The molecule has 10 nitrogen and oxygen atoms in total. The molecule has 0 saturated heterocycles. The molecule has 3 N–H and O–H groups in total. The number of thiazole rings is 1. The summed E-state index contributed by atoms with van der Waals surface area (Å²) in [4.78, 5) is 42.0. The highest BCUT2D eigenvalue weighted by atomic mass is 32.1. The maximum atomic E-state index is 12.4. The van der Waals surface area contributed by atoms with Crippen LogP contribution in [0.15, 0.2) is 40.5 Å². The van der Waals surface area contributed by atoms with Crippen molar-refractivity contribution in [2.75, 3.05) is 6.54 Å². The Bertz CT molecular complexity index is 1070. The van der Waals surface area contributed by atoms with Gasteiger partial charge in [-0.15, -0.1) is 11.3 Å². The number of hydrogen-bond acceptors (Lipinski definition) is 6. The fourth-order valence-corrected chi connectivity index (χ4v) is 3.72. The van der Waals surface area contributed by atoms with Crippen molar-refractivity contribution in [1.29, 1.82) is 0 Å². The molecule has 2 aromatic heterocycles. The summed E-state index contributed by atoms with van der Waals surface area (Å²) in [7, 11) is 0. The first-order chi connectivity index (χ1) is 14.1. The van der Waals surface area contributed by atoms with Gasteiger partial charge in [0.1, 0.15) is 5.01 Å². The van der Waals surface area contributed by atoms with Crippen LogP contribution in [0.1, 0.15) is 26.9 Å². The average Bonchev–Trinajstić information content (AvgIpc) is 3.37. The number of nitrogens with zero attached hydrogens (tertiary/aromatic N) is 4. The molecule has 4 rings (SSSR count). The molecule has 11 heteroatoms. The highest BCUT2D eigenvalue weighted by molar-refractivity contribution is 7.09. The Kier molecular flexibility index (Phi) is 5.38. The molecular formula is C18H19N7O3S. The van der Waals surface area contributed by atoms with E-state index >= 15 is 0 Å². The van der Waals surface area contributed by atoms with E-state index in [2.05, 4.69) is 25.8 Å². The molecule has 0 aliphatic carbocycles. The van der Waals surface area contributed by atoms with Gasteiger partial charge in [-0.25, -0.2) is 19.7 Å². The van der Waals surface area contributed by atoms with Gasteiger partial charge in [0.05, 0.1) is 25.3 Å². The number of carbonyl (C=O) groups excluding carboxylic acids is 2. The van der Waals surface area contributed by atoms with Gasteiger partial charge in [-0.3, -0.25) is 9.36 Å². The zero-order valence-electron chi connectivity index (χ0n) is 15.4. The lowest BCUT2D eigenvalue weighted by atomic mass is 10.2. The van der Waals surface area contributed by atoms with E-state index in [1.165, 1.54) is 15.9 Å². The van der Waals surface area contributed by atoms with Crippen LogP contribution in [0.5, 0.6) is 0 Å². The fraction of sp³-hybridized carbons (Fsp3) is 0.278. The lowest BCUT2D eigenvalue weighted by Crippen LogP contribution is -2.45. The summed E-state index contributed by atoms with van der Waals surface area (Å²) >= 11 is 1.42. The first kappa shape index (κ1) is 18.9. The molecule has 3 aromatic rings. The van der Waals surface area contributed by atoms with Gasteiger partial charge in [0.25, 0.3) is 5.91 Å². The summed E-state index contributed by atoms with van der Waals surface area (Å²) in [6.07, 6.45) is 0. The van der Waals surface area contributed by atoms with Crippen molar-refractivity contribution in [2.24, 2.45) is 0 Å². The van der Waals surface area contributed by atoms with Crippen molar-refractivity contribution in [3.63, 3.8) is 0 Å². The number of H-pyrrole nitrogens is 1. The number of hydrogen-bond donors (Lipinski definition) is 3. The SMILES string of the molecule is O=C(NCc1nc(CNC(=O)N2CCn3c(n[nH]c3=O)C2)cs1)c1ccccc1. The number of fused-ring (bicyclic) bond motifs is 1. The molecule has 3 heterocycles. The Hall–Kier alpha value is -3.47. The van der Waals surface area contributed by atoms with Gasteiger partial charge in [0, 0.05) is 24.0 Å². The van der Waals surface area contributed by atoms with E-state index in [9.17, 15) is 14.4 Å². The Balaban J connectivity index is 1.26. The smallest absolute Gasteiger partial charge is 0.343 e. The molecule has 1 aromatic carbocycles.